The van der Waals surface area contributed by atoms with Crippen LogP contribution in [0.1, 0.15) is 11.1 Å². The van der Waals surface area contributed by atoms with Crippen molar-refractivity contribution in [3.8, 4) is 17.6 Å². The van der Waals surface area contributed by atoms with E-state index in [-0.39, 0.29) is 43.9 Å². The fourth-order valence-electron chi connectivity index (χ4n) is 2.98. The highest BCUT2D eigenvalue weighted by Crippen LogP contribution is 2.39. The lowest BCUT2D eigenvalue weighted by Crippen LogP contribution is -2.13. The minimum atomic E-state index is -4.23. The first kappa shape index (κ1) is 26.2. The number of anilines is 1. The van der Waals surface area contributed by atoms with E-state index in [0.717, 1.165) is 11.6 Å². The first-order chi connectivity index (χ1) is 17.0. The van der Waals surface area contributed by atoms with Gasteiger partial charge in [0.05, 0.1) is 17.1 Å². The Morgan fingerprint density at radius 2 is 1.86 bits per heavy atom. The van der Waals surface area contributed by atoms with Crippen LogP contribution in [0.15, 0.2) is 71.1 Å². The average molecular weight is 528 g/mol. The van der Waals surface area contributed by atoms with Crippen LogP contribution in [0.25, 0.3) is 6.08 Å². The smallest absolute Gasteiger partial charge is 0.339 e. The molecule has 3 aromatic rings. The van der Waals surface area contributed by atoms with E-state index in [4.69, 9.17) is 20.5 Å². The van der Waals surface area contributed by atoms with Crippen LogP contribution in [0.5, 0.6) is 11.5 Å². The molecule has 36 heavy (non-hydrogen) atoms. The van der Waals surface area contributed by atoms with Gasteiger partial charge in [0, 0.05) is 17.8 Å². The van der Waals surface area contributed by atoms with E-state index in [1.807, 2.05) is 6.92 Å². The number of rotatable bonds is 8. The fourth-order valence-corrected chi connectivity index (χ4v) is 4.24. The number of hydrogen-bond acceptors (Lipinski definition) is 8. The number of aryl methyl sites for hydroxylation is 1. The van der Waals surface area contributed by atoms with E-state index in [1.165, 1.54) is 55.7 Å². The molecule has 0 aliphatic carbocycles. The molecule has 0 bridgehead atoms. The second-order valence-corrected chi connectivity index (χ2v) is 9.27. The van der Waals surface area contributed by atoms with Crippen molar-refractivity contribution in [2.75, 3.05) is 12.4 Å². The topological polar surface area (TPSA) is 149 Å². The molecular formula is C24H18ClN3O7S. The molecule has 3 rings (SSSR count). The Hall–Kier alpha value is -4.40. The molecular weight excluding hydrogens is 510 g/mol. The van der Waals surface area contributed by atoms with E-state index in [0.29, 0.717) is 0 Å². The van der Waals surface area contributed by atoms with Gasteiger partial charge in [-0.25, -0.2) is 0 Å². The van der Waals surface area contributed by atoms with E-state index >= 15 is 0 Å². The Labute approximate surface area is 211 Å². The van der Waals surface area contributed by atoms with Crippen LogP contribution in [0.4, 0.5) is 11.4 Å². The van der Waals surface area contributed by atoms with Gasteiger partial charge in [0.15, 0.2) is 5.75 Å². The second kappa shape index (κ2) is 10.9. The van der Waals surface area contributed by atoms with Crippen LogP contribution in [0, 0.1) is 28.4 Å². The molecule has 3 aromatic carbocycles. The van der Waals surface area contributed by atoms with Gasteiger partial charge in [-0.15, -0.1) is 0 Å². The standard InChI is InChI=1S/C24H18ClN3O7S/c1-15-6-8-20(9-7-15)36(32,33)35-23-21(25)11-16(12-22(23)34-2)10-17(14-26)24(29)27-18-4-3-5-19(13-18)28(30)31/h3-13H,1-2H3,(H,27,29)/b17-10+. The van der Waals surface area contributed by atoms with Gasteiger partial charge in [0.2, 0.25) is 5.75 Å². The summed E-state index contributed by atoms with van der Waals surface area (Å²) >= 11 is 6.27. The zero-order valence-corrected chi connectivity index (χ0v) is 20.5. The van der Waals surface area contributed by atoms with Crippen molar-refractivity contribution in [1.29, 1.82) is 5.26 Å². The monoisotopic (exact) mass is 527 g/mol. The highest BCUT2D eigenvalue weighted by molar-refractivity contribution is 7.87. The Morgan fingerprint density at radius 1 is 1.17 bits per heavy atom. The molecule has 0 aliphatic rings. The number of halogens is 1. The fraction of sp³-hybridized carbons (Fsp3) is 0.0833. The Kier molecular flexibility index (Phi) is 7.93. The van der Waals surface area contributed by atoms with Crippen molar-refractivity contribution in [3.63, 3.8) is 0 Å². The highest BCUT2D eigenvalue weighted by Gasteiger charge is 2.22. The van der Waals surface area contributed by atoms with Gasteiger partial charge in [0.1, 0.15) is 16.5 Å². The van der Waals surface area contributed by atoms with E-state index in [1.54, 1.807) is 18.2 Å². The molecule has 0 spiro atoms. The number of methoxy groups -OCH3 is 1. The molecule has 12 heteroatoms. The average Bonchev–Trinajstić information content (AvgIpc) is 2.84. The predicted octanol–water partition coefficient (Wildman–Crippen LogP) is 4.88. The third-order valence-corrected chi connectivity index (χ3v) is 6.26. The van der Waals surface area contributed by atoms with Gasteiger partial charge in [-0.3, -0.25) is 14.9 Å². The largest absolute Gasteiger partial charge is 0.493 e. The number of nitrogens with one attached hydrogen (secondary N) is 1. The maximum absolute atomic E-state index is 12.7. The van der Waals surface area contributed by atoms with Crippen LogP contribution in [0.3, 0.4) is 0 Å². The first-order valence-electron chi connectivity index (χ1n) is 10.1. The number of nitro benzene ring substituents is 1. The number of nitrogens with zero attached hydrogens (tertiary/aromatic N) is 2. The number of benzene rings is 3. The van der Waals surface area contributed by atoms with Gasteiger partial charge in [-0.2, -0.15) is 13.7 Å². The molecule has 0 heterocycles. The zero-order valence-electron chi connectivity index (χ0n) is 18.9. The number of ether oxygens (including phenoxy) is 1. The molecule has 0 atom stereocenters. The lowest BCUT2D eigenvalue weighted by atomic mass is 10.1. The molecule has 1 amide bonds. The van der Waals surface area contributed by atoms with Crippen molar-refractivity contribution in [2.45, 2.75) is 11.8 Å². The number of carbonyl (C=O) groups excluding carboxylic acids is 1. The summed E-state index contributed by atoms with van der Waals surface area (Å²) in [5.74, 6) is -1.15. The molecule has 0 radical (unpaired) electrons. The number of hydrogen-bond donors (Lipinski definition) is 1. The van der Waals surface area contributed by atoms with Crippen LogP contribution in [-0.4, -0.2) is 26.4 Å². The molecule has 10 nitrogen and oxygen atoms in total. The third-order valence-electron chi connectivity index (χ3n) is 4.75. The Morgan fingerprint density at radius 3 is 2.47 bits per heavy atom. The minimum absolute atomic E-state index is 0.0548. The SMILES string of the molecule is COc1cc(/C=C(\C#N)C(=O)Nc2cccc([N+](=O)[O-])c2)cc(Cl)c1OS(=O)(=O)c1ccc(C)cc1. The van der Waals surface area contributed by atoms with E-state index < -0.39 is 20.9 Å². The minimum Gasteiger partial charge on any atom is -0.493 e. The Balaban J connectivity index is 1.90. The predicted molar refractivity (Wildman–Crippen MR) is 132 cm³/mol. The molecule has 184 valence electrons. The van der Waals surface area contributed by atoms with Crippen molar-refractivity contribution in [2.24, 2.45) is 0 Å². The van der Waals surface area contributed by atoms with Gasteiger partial charge in [0.25, 0.3) is 11.6 Å². The van der Waals surface area contributed by atoms with Crippen LogP contribution >= 0.6 is 11.6 Å². The lowest BCUT2D eigenvalue weighted by molar-refractivity contribution is -0.384. The molecule has 0 aromatic heterocycles. The number of non-ortho nitro benzene ring substituents is 1. The summed E-state index contributed by atoms with van der Waals surface area (Å²) in [4.78, 5) is 22.8. The van der Waals surface area contributed by atoms with Crippen molar-refractivity contribution >= 4 is 45.1 Å². The maximum atomic E-state index is 12.7. The molecule has 0 saturated carbocycles. The van der Waals surface area contributed by atoms with Gasteiger partial charge >= 0.3 is 10.1 Å². The quantitative estimate of drug-likeness (QED) is 0.143. The molecule has 0 aliphatic heterocycles. The van der Waals surface area contributed by atoms with Crippen molar-refractivity contribution < 1.29 is 27.1 Å². The summed E-state index contributed by atoms with van der Waals surface area (Å²) in [6.45, 7) is 1.81. The van der Waals surface area contributed by atoms with Gasteiger partial charge in [-0.1, -0.05) is 35.4 Å². The van der Waals surface area contributed by atoms with Crippen LogP contribution in [-0.2, 0) is 14.9 Å². The second-order valence-electron chi connectivity index (χ2n) is 7.32. The zero-order chi connectivity index (χ0) is 26.5. The normalized spacial score (nSPS) is 11.3. The van der Waals surface area contributed by atoms with Crippen molar-refractivity contribution in [3.05, 3.63) is 92.5 Å². The third kappa shape index (κ3) is 6.18. The number of amides is 1. The summed E-state index contributed by atoms with van der Waals surface area (Å²) in [7, 11) is -2.96. The van der Waals surface area contributed by atoms with Gasteiger partial charge < -0.3 is 14.2 Å². The summed E-state index contributed by atoms with van der Waals surface area (Å²) < 4.78 is 35.8. The number of carbonyl (C=O) groups is 1. The van der Waals surface area contributed by atoms with Crippen LogP contribution in [0.2, 0.25) is 5.02 Å². The maximum Gasteiger partial charge on any atom is 0.339 e. The lowest BCUT2D eigenvalue weighted by Gasteiger charge is -2.13. The number of nitro groups is 1. The Bertz CT molecular complexity index is 1510. The molecule has 0 unspecified atom stereocenters. The molecule has 0 fully saturated rings. The molecule has 1 N–H and O–H groups in total. The van der Waals surface area contributed by atoms with E-state index in [9.17, 15) is 28.6 Å². The van der Waals surface area contributed by atoms with Crippen molar-refractivity contribution in [1.82, 2.24) is 0 Å². The number of nitriles is 1. The van der Waals surface area contributed by atoms with Gasteiger partial charge in [-0.05, 0) is 48.9 Å². The van der Waals surface area contributed by atoms with Crippen LogP contribution < -0.4 is 14.2 Å². The summed E-state index contributed by atoms with van der Waals surface area (Å²) in [6, 6.07) is 15.6. The highest BCUT2D eigenvalue weighted by atomic mass is 35.5. The first-order valence-corrected chi connectivity index (χ1v) is 11.9. The summed E-state index contributed by atoms with van der Waals surface area (Å²) in [6.07, 6.45) is 1.19. The summed E-state index contributed by atoms with van der Waals surface area (Å²) in [5, 5.41) is 22.7. The molecule has 0 saturated heterocycles. The summed E-state index contributed by atoms with van der Waals surface area (Å²) in [5.41, 5.74) is 0.644. The van der Waals surface area contributed by atoms with E-state index in [2.05, 4.69) is 5.32 Å².